The standard InChI is InChI=1S/C14H14N2O2.C2H6/c1-15-9-14(17)12-4-3-7-16(12)11-6-5-10(18-2)8-13(11)15;1-2/h3-8H,9H2,1-2H3;1-2H3. The van der Waals surface area contributed by atoms with Crippen molar-refractivity contribution in [3.05, 3.63) is 42.2 Å². The van der Waals surface area contributed by atoms with E-state index < -0.39 is 0 Å². The van der Waals surface area contributed by atoms with Gasteiger partial charge in [-0.2, -0.15) is 0 Å². The second kappa shape index (κ2) is 5.82. The van der Waals surface area contributed by atoms with Crippen molar-refractivity contribution >= 4 is 11.5 Å². The van der Waals surface area contributed by atoms with Gasteiger partial charge in [0, 0.05) is 19.3 Å². The minimum Gasteiger partial charge on any atom is -0.497 e. The molecule has 1 aliphatic rings. The molecule has 1 aromatic carbocycles. The number of Topliss-reactive ketones (excluding diaryl/α,β-unsaturated/α-hetero) is 1. The van der Waals surface area contributed by atoms with E-state index in [0.717, 1.165) is 22.8 Å². The maximum absolute atomic E-state index is 12.1. The van der Waals surface area contributed by atoms with E-state index in [9.17, 15) is 4.79 Å². The van der Waals surface area contributed by atoms with Gasteiger partial charge in [0.05, 0.1) is 30.7 Å². The summed E-state index contributed by atoms with van der Waals surface area (Å²) in [7, 11) is 3.56. The molecule has 0 radical (unpaired) electrons. The van der Waals surface area contributed by atoms with E-state index in [1.54, 1.807) is 7.11 Å². The minimum atomic E-state index is 0.123. The third-order valence-electron chi connectivity index (χ3n) is 3.27. The van der Waals surface area contributed by atoms with Crippen molar-refractivity contribution in [2.24, 2.45) is 0 Å². The van der Waals surface area contributed by atoms with Gasteiger partial charge in [0.2, 0.25) is 0 Å². The number of hydrogen-bond donors (Lipinski definition) is 0. The number of carbonyl (C=O) groups is 1. The van der Waals surface area contributed by atoms with Crippen molar-refractivity contribution in [2.75, 3.05) is 25.6 Å². The maximum Gasteiger partial charge on any atom is 0.198 e. The summed E-state index contributed by atoms with van der Waals surface area (Å²) in [5, 5.41) is 0. The van der Waals surface area contributed by atoms with Crippen LogP contribution in [0.1, 0.15) is 24.3 Å². The summed E-state index contributed by atoms with van der Waals surface area (Å²) in [5.74, 6) is 0.918. The molecule has 0 spiro atoms. The largest absolute Gasteiger partial charge is 0.497 e. The van der Waals surface area contributed by atoms with Gasteiger partial charge in [-0.05, 0) is 24.3 Å². The van der Waals surface area contributed by atoms with Crippen molar-refractivity contribution in [3.8, 4) is 11.4 Å². The van der Waals surface area contributed by atoms with Crippen molar-refractivity contribution in [1.29, 1.82) is 0 Å². The Balaban J connectivity index is 0.000000704. The van der Waals surface area contributed by atoms with Crippen LogP contribution in [0.3, 0.4) is 0 Å². The Morgan fingerprint density at radius 3 is 2.60 bits per heavy atom. The first-order valence-corrected chi connectivity index (χ1v) is 6.81. The van der Waals surface area contributed by atoms with Gasteiger partial charge in [-0.1, -0.05) is 13.8 Å². The molecule has 4 nitrogen and oxygen atoms in total. The average molecular weight is 272 g/mol. The first-order valence-electron chi connectivity index (χ1n) is 6.81. The number of methoxy groups -OCH3 is 1. The molecule has 4 heteroatoms. The molecular weight excluding hydrogens is 252 g/mol. The number of ether oxygens (including phenoxy) is 1. The van der Waals surface area contributed by atoms with Gasteiger partial charge in [-0.25, -0.2) is 0 Å². The fraction of sp³-hybridized carbons (Fsp3) is 0.312. The number of hydrogen-bond acceptors (Lipinski definition) is 3. The molecule has 1 aromatic heterocycles. The SMILES string of the molecule is CC.COc1ccc2c(c1)N(C)CC(=O)c1cccn1-2. The zero-order chi connectivity index (χ0) is 14.7. The zero-order valence-corrected chi connectivity index (χ0v) is 12.4. The first kappa shape index (κ1) is 14.2. The monoisotopic (exact) mass is 272 g/mol. The van der Waals surface area contributed by atoms with Crippen molar-refractivity contribution in [2.45, 2.75) is 13.8 Å². The smallest absolute Gasteiger partial charge is 0.198 e. The van der Waals surface area contributed by atoms with Crippen LogP contribution in [0.15, 0.2) is 36.5 Å². The predicted octanol–water partition coefficient (Wildman–Crippen LogP) is 3.14. The van der Waals surface area contributed by atoms with Crippen LogP contribution in [-0.2, 0) is 0 Å². The van der Waals surface area contributed by atoms with E-state index in [1.807, 2.05) is 66.9 Å². The Bertz CT molecular complexity index is 617. The van der Waals surface area contributed by atoms with E-state index in [4.69, 9.17) is 4.74 Å². The van der Waals surface area contributed by atoms with Crippen LogP contribution in [0.5, 0.6) is 5.75 Å². The Labute approximate surface area is 119 Å². The van der Waals surface area contributed by atoms with E-state index in [-0.39, 0.29) is 5.78 Å². The van der Waals surface area contributed by atoms with Crippen LogP contribution in [0.2, 0.25) is 0 Å². The van der Waals surface area contributed by atoms with Crippen LogP contribution >= 0.6 is 0 Å². The van der Waals surface area contributed by atoms with Gasteiger partial charge >= 0.3 is 0 Å². The molecule has 0 saturated heterocycles. The Morgan fingerprint density at radius 2 is 1.90 bits per heavy atom. The molecule has 0 aliphatic carbocycles. The Morgan fingerprint density at radius 1 is 1.15 bits per heavy atom. The van der Waals surface area contributed by atoms with Gasteiger partial charge in [0.25, 0.3) is 0 Å². The molecule has 1 aliphatic heterocycles. The third-order valence-corrected chi connectivity index (χ3v) is 3.27. The number of fused-ring (bicyclic) bond motifs is 3. The fourth-order valence-corrected chi connectivity index (χ4v) is 2.34. The highest BCUT2D eigenvalue weighted by Gasteiger charge is 2.22. The summed E-state index contributed by atoms with van der Waals surface area (Å²) < 4.78 is 7.18. The highest BCUT2D eigenvalue weighted by atomic mass is 16.5. The van der Waals surface area contributed by atoms with Gasteiger partial charge in [0.15, 0.2) is 5.78 Å². The predicted molar refractivity (Wildman–Crippen MR) is 81.3 cm³/mol. The molecule has 0 N–H and O–H groups in total. The van der Waals surface area contributed by atoms with Crippen LogP contribution in [-0.4, -0.2) is 31.1 Å². The molecule has 0 unspecified atom stereocenters. The number of anilines is 1. The average Bonchev–Trinajstić information content (AvgIpc) is 2.94. The lowest BCUT2D eigenvalue weighted by Gasteiger charge is -2.19. The first-order chi connectivity index (χ1) is 9.70. The lowest BCUT2D eigenvalue weighted by atomic mass is 10.2. The number of likely N-dealkylation sites (N-methyl/N-ethyl adjacent to an activating group) is 1. The molecule has 2 aromatic rings. The molecule has 0 amide bonds. The number of rotatable bonds is 1. The Kier molecular flexibility index (Phi) is 4.13. The lowest BCUT2D eigenvalue weighted by molar-refractivity contribution is 0.0995. The molecule has 20 heavy (non-hydrogen) atoms. The van der Waals surface area contributed by atoms with E-state index in [2.05, 4.69) is 0 Å². The third kappa shape index (κ3) is 2.29. The number of nitrogens with zero attached hydrogens (tertiary/aromatic N) is 2. The number of aromatic nitrogens is 1. The molecular formula is C16H20N2O2. The van der Waals surface area contributed by atoms with Gasteiger partial charge in [-0.15, -0.1) is 0 Å². The van der Waals surface area contributed by atoms with Crippen molar-refractivity contribution in [1.82, 2.24) is 4.57 Å². The summed E-state index contributed by atoms with van der Waals surface area (Å²) in [6.07, 6.45) is 1.91. The molecule has 0 fully saturated rings. The molecule has 0 atom stereocenters. The maximum atomic E-state index is 12.1. The fourth-order valence-electron chi connectivity index (χ4n) is 2.34. The molecule has 0 bridgehead atoms. The highest BCUT2D eigenvalue weighted by molar-refractivity contribution is 6.00. The molecule has 2 heterocycles. The Hall–Kier alpha value is -2.23. The van der Waals surface area contributed by atoms with Crippen LogP contribution in [0, 0.1) is 0 Å². The van der Waals surface area contributed by atoms with Crippen molar-refractivity contribution in [3.63, 3.8) is 0 Å². The second-order valence-corrected chi connectivity index (χ2v) is 4.40. The van der Waals surface area contributed by atoms with Gasteiger partial charge in [-0.3, -0.25) is 4.79 Å². The number of benzene rings is 1. The summed E-state index contributed by atoms with van der Waals surface area (Å²) >= 11 is 0. The van der Waals surface area contributed by atoms with Gasteiger partial charge in [0.1, 0.15) is 5.75 Å². The van der Waals surface area contributed by atoms with E-state index in [1.165, 1.54) is 0 Å². The second-order valence-electron chi connectivity index (χ2n) is 4.40. The van der Waals surface area contributed by atoms with Crippen LogP contribution < -0.4 is 9.64 Å². The normalized spacial score (nSPS) is 12.8. The minimum absolute atomic E-state index is 0.123. The van der Waals surface area contributed by atoms with E-state index in [0.29, 0.717) is 6.54 Å². The zero-order valence-electron chi connectivity index (χ0n) is 12.4. The summed E-state index contributed by atoms with van der Waals surface area (Å²) in [5.41, 5.74) is 2.73. The van der Waals surface area contributed by atoms with Crippen LogP contribution in [0.25, 0.3) is 5.69 Å². The van der Waals surface area contributed by atoms with Crippen LogP contribution in [0.4, 0.5) is 5.69 Å². The lowest BCUT2D eigenvalue weighted by Crippen LogP contribution is -2.24. The molecule has 0 saturated carbocycles. The number of ketones is 1. The quantitative estimate of drug-likeness (QED) is 0.800. The topological polar surface area (TPSA) is 34.5 Å². The van der Waals surface area contributed by atoms with Gasteiger partial charge < -0.3 is 14.2 Å². The molecule has 3 rings (SSSR count). The van der Waals surface area contributed by atoms with E-state index >= 15 is 0 Å². The summed E-state index contributed by atoms with van der Waals surface area (Å²) in [6.45, 7) is 4.38. The highest BCUT2D eigenvalue weighted by Crippen LogP contribution is 2.31. The summed E-state index contributed by atoms with van der Waals surface area (Å²) in [6, 6.07) is 9.60. The number of carbonyl (C=O) groups excluding carboxylic acids is 1. The van der Waals surface area contributed by atoms with Crippen molar-refractivity contribution < 1.29 is 9.53 Å². The molecule has 106 valence electrons. The summed E-state index contributed by atoms with van der Waals surface area (Å²) in [4.78, 5) is 14.1.